The van der Waals surface area contributed by atoms with Crippen LogP contribution in [-0.4, -0.2) is 21.8 Å². The van der Waals surface area contributed by atoms with Crippen molar-refractivity contribution in [1.82, 2.24) is 15.5 Å². The molecular weight excluding hydrogens is 282 g/mol. The van der Waals surface area contributed by atoms with Gasteiger partial charge in [-0.25, -0.2) is 0 Å². The number of benzene rings is 1. The Balaban J connectivity index is 1.79. The third-order valence-corrected chi connectivity index (χ3v) is 3.84. The van der Waals surface area contributed by atoms with Gasteiger partial charge in [-0.1, -0.05) is 24.2 Å². The Labute approximate surface area is 127 Å². The Kier molecular flexibility index (Phi) is 3.75. The third kappa shape index (κ3) is 2.52. The maximum absolute atomic E-state index is 12.5. The molecule has 1 unspecified atom stereocenters. The number of Topliss-reactive ketones (excluding diaryl/α,β-unsaturated/α-hetero) is 1. The maximum atomic E-state index is 12.5. The first-order valence-corrected chi connectivity index (χ1v) is 7.38. The number of nitrogens with one attached hydrogen (secondary N) is 1. The van der Waals surface area contributed by atoms with Gasteiger partial charge in [-0.2, -0.15) is 4.98 Å². The van der Waals surface area contributed by atoms with E-state index in [9.17, 15) is 9.59 Å². The normalized spacial score (nSPS) is 14.7. The second-order valence-corrected chi connectivity index (χ2v) is 5.35. The van der Waals surface area contributed by atoms with Gasteiger partial charge < -0.3 is 9.84 Å². The molecule has 0 radical (unpaired) electrons. The van der Waals surface area contributed by atoms with Crippen LogP contribution in [0.1, 0.15) is 64.3 Å². The molecule has 1 N–H and O–H groups in total. The van der Waals surface area contributed by atoms with Crippen molar-refractivity contribution in [1.29, 1.82) is 0 Å². The number of carbonyl (C=O) groups excluding carboxylic acids is 2. The molecule has 1 aliphatic rings. The Morgan fingerprint density at radius 1 is 1.41 bits per heavy atom. The van der Waals surface area contributed by atoms with E-state index in [-0.39, 0.29) is 17.7 Å². The van der Waals surface area contributed by atoms with Crippen LogP contribution in [0.3, 0.4) is 0 Å². The van der Waals surface area contributed by atoms with Crippen molar-refractivity contribution in [2.75, 3.05) is 0 Å². The highest BCUT2D eigenvalue weighted by molar-refractivity contribution is 6.05. The zero-order chi connectivity index (χ0) is 15.7. The van der Waals surface area contributed by atoms with Gasteiger partial charge in [0.05, 0.1) is 0 Å². The van der Waals surface area contributed by atoms with Gasteiger partial charge in [0.15, 0.2) is 11.6 Å². The number of amides is 1. The predicted molar refractivity (Wildman–Crippen MR) is 78.7 cm³/mol. The number of fused-ring (bicyclic) bond motifs is 1. The van der Waals surface area contributed by atoms with Gasteiger partial charge in [0, 0.05) is 24.0 Å². The number of carbonyl (C=O) groups is 2. The van der Waals surface area contributed by atoms with E-state index in [4.69, 9.17) is 4.52 Å². The Morgan fingerprint density at radius 2 is 2.23 bits per heavy atom. The van der Waals surface area contributed by atoms with Crippen LogP contribution in [-0.2, 0) is 12.8 Å². The maximum Gasteiger partial charge on any atom is 0.252 e. The molecule has 1 heterocycles. The van der Waals surface area contributed by atoms with Gasteiger partial charge in [-0.05, 0) is 25.0 Å². The minimum absolute atomic E-state index is 0.0992. The van der Waals surface area contributed by atoms with Crippen molar-refractivity contribution in [2.45, 2.75) is 39.2 Å². The summed E-state index contributed by atoms with van der Waals surface area (Å²) in [7, 11) is 0. The molecule has 1 aliphatic carbocycles. The smallest absolute Gasteiger partial charge is 0.252 e. The molecule has 6 heteroatoms. The van der Waals surface area contributed by atoms with E-state index in [1.807, 2.05) is 6.92 Å². The van der Waals surface area contributed by atoms with E-state index in [2.05, 4.69) is 15.5 Å². The van der Waals surface area contributed by atoms with E-state index in [0.717, 1.165) is 5.56 Å². The number of nitrogens with zero attached hydrogens (tertiary/aromatic N) is 2. The van der Waals surface area contributed by atoms with Crippen LogP contribution in [0, 0.1) is 0 Å². The summed E-state index contributed by atoms with van der Waals surface area (Å²) < 4.78 is 5.13. The highest BCUT2D eigenvalue weighted by Crippen LogP contribution is 2.25. The third-order valence-electron chi connectivity index (χ3n) is 3.84. The molecule has 0 saturated carbocycles. The molecule has 1 aromatic heterocycles. The first kappa shape index (κ1) is 14.4. The summed E-state index contributed by atoms with van der Waals surface area (Å²) >= 11 is 0. The molecule has 0 fully saturated rings. The van der Waals surface area contributed by atoms with E-state index in [1.54, 1.807) is 25.1 Å². The summed E-state index contributed by atoms with van der Waals surface area (Å²) in [6, 6.07) is 4.87. The highest BCUT2D eigenvalue weighted by atomic mass is 16.5. The summed E-state index contributed by atoms with van der Waals surface area (Å²) in [6.07, 6.45) is 1.77. The minimum atomic E-state index is -0.381. The molecule has 0 saturated heterocycles. The van der Waals surface area contributed by atoms with Crippen LogP contribution in [0.25, 0.3) is 0 Å². The lowest BCUT2D eigenvalue weighted by Gasteiger charge is -2.12. The van der Waals surface area contributed by atoms with Crippen LogP contribution in [0.4, 0.5) is 0 Å². The molecule has 1 amide bonds. The van der Waals surface area contributed by atoms with Crippen LogP contribution in [0.5, 0.6) is 0 Å². The predicted octanol–water partition coefficient (Wildman–Crippen LogP) is 2.25. The average molecular weight is 299 g/mol. The number of aryl methyl sites for hydroxylation is 1. The van der Waals surface area contributed by atoms with Crippen molar-refractivity contribution in [3.05, 3.63) is 46.6 Å². The average Bonchev–Trinajstić information content (AvgIpc) is 3.14. The lowest BCUT2D eigenvalue weighted by Crippen LogP contribution is -2.27. The minimum Gasteiger partial charge on any atom is -0.341 e. The molecule has 0 bridgehead atoms. The topological polar surface area (TPSA) is 85.1 Å². The zero-order valence-electron chi connectivity index (χ0n) is 12.5. The summed E-state index contributed by atoms with van der Waals surface area (Å²) in [5.74, 6) is 0.869. The molecule has 2 aromatic rings. The molecule has 114 valence electrons. The van der Waals surface area contributed by atoms with E-state index >= 15 is 0 Å². The highest BCUT2D eigenvalue weighted by Gasteiger charge is 2.25. The fourth-order valence-corrected chi connectivity index (χ4v) is 2.63. The number of ketones is 1. The number of aromatic nitrogens is 2. The van der Waals surface area contributed by atoms with Crippen molar-refractivity contribution in [3.63, 3.8) is 0 Å². The van der Waals surface area contributed by atoms with Crippen LogP contribution in [0.2, 0.25) is 0 Å². The van der Waals surface area contributed by atoms with Crippen molar-refractivity contribution >= 4 is 11.7 Å². The van der Waals surface area contributed by atoms with E-state index < -0.39 is 0 Å². The first-order valence-electron chi connectivity index (χ1n) is 7.38. The van der Waals surface area contributed by atoms with Crippen LogP contribution in [0.15, 0.2) is 22.7 Å². The van der Waals surface area contributed by atoms with Gasteiger partial charge in [0.2, 0.25) is 5.89 Å². The van der Waals surface area contributed by atoms with Crippen molar-refractivity contribution in [3.8, 4) is 0 Å². The molecule has 6 nitrogen and oxygen atoms in total. The molecule has 0 spiro atoms. The largest absolute Gasteiger partial charge is 0.341 e. The number of rotatable bonds is 4. The number of hydrogen-bond donors (Lipinski definition) is 1. The van der Waals surface area contributed by atoms with Crippen LogP contribution < -0.4 is 5.32 Å². The molecule has 1 atom stereocenters. The monoisotopic (exact) mass is 299 g/mol. The second-order valence-electron chi connectivity index (χ2n) is 5.35. The van der Waals surface area contributed by atoms with Crippen LogP contribution >= 0.6 is 0 Å². The van der Waals surface area contributed by atoms with Crippen molar-refractivity contribution in [2.24, 2.45) is 0 Å². The molecule has 3 rings (SSSR count). The fraction of sp³-hybridized carbons (Fsp3) is 0.375. The zero-order valence-corrected chi connectivity index (χ0v) is 12.5. The quantitative estimate of drug-likeness (QED) is 0.936. The SMILES string of the molecule is CCc1noc(C(C)NC(=O)c2cccc3c2CCC3=O)n1. The van der Waals surface area contributed by atoms with Gasteiger partial charge in [0.25, 0.3) is 5.91 Å². The summed E-state index contributed by atoms with van der Waals surface area (Å²) in [5, 5.41) is 6.67. The Morgan fingerprint density at radius 3 is 2.95 bits per heavy atom. The Bertz CT molecular complexity index is 736. The number of hydrogen-bond acceptors (Lipinski definition) is 5. The summed E-state index contributed by atoms with van der Waals surface area (Å²) in [5.41, 5.74) is 2.04. The van der Waals surface area contributed by atoms with E-state index in [0.29, 0.717) is 42.1 Å². The summed E-state index contributed by atoms with van der Waals surface area (Å²) in [4.78, 5) is 28.4. The van der Waals surface area contributed by atoms with Gasteiger partial charge in [0.1, 0.15) is 6.04 Å². The summed E-state index contributed by atoms with van der Waals surface area (Å²) in [6.45, 7) is 3.72. The molecule has 0 aliphatic heterocycles. The Hall–Kier alpha value is -2.50. The van der Waals surface area contributed by atoms with Crippen molar-refractivity contribution < 1.29 is 14.1 Å². The second kappa shape index (κ2) is 5.71. The standard InChI is InChI=1S/C16H17N3O3/c1-3-14-18-16(22-19-14)9(2)17-15(21)12-6-4-5-11-10(12)7-8-13(11)20/h4-6,9H,3,7-8H2,1-2H3,(H,17,21). The van der Waals surface area contributed by atoms with Gasteiger partial charge in [-0.3, -0.25) is 9.59 Å². The van der Waals surface area contributed by atoms with E-state index in [1.165, 1.54) is 0 Å². The molecule has 1 aromatic carbocycles. The van der Waals surface area contributed by atoms with Gasteiger partial charge in [-0.15, -0.1) is 0 Å². The molecular formula is C16H17N3O3. The first-order chi connectivity index (χ1) is 10.6. The fourth-order valence-electron chi connectivity index (χ4n) is 2.63. The lowest BCUT2D eigenvalue weighted by atomic mass is 10.0. The molecule has 22 heavy (non-hydrogen) atoms. The van der Waals surface area contributed by atoms with Gasteiger partial charge >= 0.3 is 0 Å². The lowest BCUT2D eigenvalue weighted by molar-refractivity contribution is 0.0931.